The van der Waals surface area contributed by atoms with Crippen LogP contribution in [0.5, 0.6) is 0 Å². The summed E-state index contributed by atoms with van der Waals surface area (Å²) in [6, 6.07) is 0. The van der Waals surface area contributed by atoms with Gasteiger partial charge in [0.05, 0.1) is 12.0 Å². The first-order valence-electron chi connectivity index (χ1n) is 6.09. The van der Waals surface area contributed by atoms with E-state index in [4.69, 9.17) is 4.43 Å². The van der Waals surface area contributed by atoms with Gasteiger partial charge in [0.15, 0.2) is 18.9 Å². The molecule has 3 atom stereocenters. The molecule has 0 aromatic rings. The van der Waals surface area contributed by atoms with E-state index in [9.17, 15) is 13.2 Å². The van der Waals surface area contributed by atoms with E-state index < -0.39 is 30.2 Å². The Labute approximate surface area is 111 Å². The van der Waals surface area contributed by atoms with Crippen molar-refractivity contribution in [3.05, 3.63) is 0 Å². The van der Waals surface area contributed by atoms with Gasteiger partial charge in [-0.1, -0.05) is 20.8 Å². The molecule has 0 saturated carbocycles. The zero-order valence-electron chi connectivity index (χ0n) is 11.9. The van der Waals surface area contributed by atoms with E-state index in [0.717, 1.165) is 6.26 Å². The minimum Gasteiger partial charge on any atom is -0.416 e. The highest BCUT2D eigenvalue weighted by molar-refractivity contribution is 7.91. The number of hydrogen-bond donors (Lipinski definition) is 1. The number of carbonyl (C=O) groups is 1. The number of rotatable bonds is 4. The number of hydrogen-bond acceptors (Lipinski definition) is 4. The molecule has 1 aliphatic heterocycles. The molecule has 106 valence electrons. The van der Waals surface area contributed by atoms with Gasteiger partial charge in [-0.25, -0.2) is 8.42 Å². The second kappa shape index (κ2) is 4.94. The average Bonchev–Trinajstić information content (AvgIpc) is 2.09. The Morgan fingerprint density at radius 3 is 2.11 bits per heavy atom. The van der Waals surface area contributed by atoms with E-state index in [-0.39, 0.29) is 17.4 Å². The monoisotopic (exact) mass is 293 g/mol. The minimum absolute atomic E-state index is 0.222. The van der Waals surface area contributed by atoms with Gasteiger partial charge in [0, 0.05) is 6.26 Å². The molecule has 7 heteroatoms. The van der Waals surface area contributed by atoms with Crippen molar-refractivity contribution in [3.63, 3.8) is 0 Å². The molecule has 5 nitrogen and oxygen atoms in total. The summed E-state index contributed by atoms with van der Waals surface area (Å²) >= 11 is 0. The molecule has 1 N–H and O–H groups in total. The minimum atomic E-state index is -3.29. The van der Waals surface area contributed by atoms with Gasteiger partial charge in [-0.3, -0.25) is 4.79 Å². The predicted molar refractivity (Wildman–Crippen MR) is 73.5 cm³/mol. The molecule has 18 heavy (non-hydrogen) atoms. The SMILES string of the molecule is C[SiH](C)OC([C@H]1C(=O)N[C@@H]1S(C)(=O)=O)C(C)(C)C. The fraction of sp³-hybridized carbons (Fsp3) is 0.909. The maximum atomic E-state index is 11.7. The second-order valence-electron chi connectivity index (χ2n) is 6.26. The fourth-order valence-corrected chi connectivity index (χ4v) is 4.45. The van der Waals surface area contributed by atoms with Crippen LogP contribution in [0.3, 0.4) is 0 Å². The highest BCUT2D eigenvalue weighted by atomic mass is 32.2. The largest absolute Gasteiger partial charge is 0.416 e. The van der Waals surface area contributed by atoms with Gasteiger partial charge in [-0.2, -0.15) is 0 Å². The first kappa shape index (κ1) is 15.7. The number of nitrogens with one attached hydrogen (secondary N) is 1. The lowest BCUT2D eigenvalue weighted by Crippen LogP contribution is -2.67. The molecule has 1 amide bonds. The third-order valence-corrected chi connectivity index (χ3v) is 5.14. The molecule has 0 radical (unpaired) electrons. The molecule has 0 aromatic carbocycles. The zero-order chi connectivity index (χ0) is 14.3. The van der Waals surface area contributed by atoms with E-state index in [1.54, 1.807) is 0 Å². The summed E-state index contributed by atoms with van der Waals surface area (Å²) in [7, 11) is -4.63. The lowest BCUT2D eigenvalue weighted by atomic mass is 9.78. The predicted octanol–water partition coefficient (Wildman–Crippen LogP) is 0.518. The van der Waals surface area contributed by atoms with Crippen LogP contribution in [0.1, 0.15) is 20.8 Å². The molecule has 1 fully saturated rings. The summed E-state index contributed by atoms with van der Waals surface area (Å²) < 4.78 is 29.2. The molecule has 0 aliphatic carbocycles. The highest BCUT2D eigenvalue weighted by Crippen LogP contribution is 2.36. The zero-order valence-corrected chi connectivity index (χ0v) is 13.8. The Bertz CT molecular complexity index is 427. The van der Waals surface area contributed by atoms with Crippen molar-refractivity contribution >= 4 is 24.8 Å². The second-order valence-corrected chi connectivity index (χ2v) is 10.8. The van der Waals surface area contributed by atoms with Crippen LogP contribution in [0.4, 0.5) is 0 Å². The third kappa shape index (κ3) is 3.33. The van der Waals surface area contributed by atoms with Crippen LogP contribution in [0.15, 0.2) is 0 Å². The first-order chi connectivity index (χ1) is 7.94. The van der Waals surface area contributed by atoms with Gasteiger partial charge in [-0.05, 0) is 18.5 Å². The molecule has 1 unspecified atom stereocenters. The molecule has 1 rings (SSSR count). The van der Waals surface area contributed by atoms with Crippen LogP contribution in [-0.4, -0.2) is 41.1 Å². The van der Waals surface area contributed by atoms with Crippen LogP contribution in [0.25, 0.3) is 0 Å². The molecule has 1 heterocycles. The Morgan fingerprint density at radius 1 is 1.33 bits per heavy atom. The highest BCUT2D eigenvalue weighted by Gasteiger charge is 2.53. The van der Waals surface area contributed by atoms with Crippen LogP contribution in [0, 0.1) is 11.3 Å². The van der Waals surface area contributed by atoms with Crippen LogP contribution < -0.4 is 5.32 Å². The van der Waals surface area contributed by atoms with Gasteiger partial charge < -0.3 is 9.74 Å². The van der Waals surface area contributed by atoms with E-state index >= 15 is 0 Å². The molecular weight excluding hydrogens is 270 g/mol. The molecule has 0 spiro atoms. The Balaban J connectivity index is 3.01. The van der Waals surface area contributed by atoms with Crippen molar-refractivity contribution in [2.24, 2.45) is 11.3 Å². The molecule has 1 saturated heterocycles. The molecular formula is C11H23NO4SSi. The van der Waals surface area contributed by atoms with E-state index in [2.05, 4.69) is 5.32 Å². The van der Waals surface area contributed by atoms with Gasteiger partial charge in [-0.15, -0.1) is 0 Å². The summed E-state index contributed by atoms with van der Waals surface area (Å²) in [5.74, 6) is -0.810. The summed E-state index contributed by atoms with van der Waals surface area (Å²) in [5, 5.41) is 1.66. The smallest absolute Gasteiger partial charge is 0.229 e. The number of carbonyl (C=O) groups excluding carboxylic acids is 1. The maximum Gasteiger partial charge on any atom is 0.229 e. The summed E-state index contributed by atoms with van der Waals surface area (Å²) in [4.78, 5) is 11.7. The third-order valence-electron chi connectivity index (χ3n) is 2.97. The maximum absolute atomic E-state index is 11.7. The summed E-state index contributed by atoms with van der Waals surface area (Å²) in [5.41, 5.74) is -0.261. The molecule has 1 aliphatic rings. The van der Waals surface area contributed by atoms with Crippen LogP contribution >= 0.6 is 0 Å². The van der Waals surface area contributed by atoms with Gasteiger partial charge in [0.1, 0.15) is 5.37 Å². The van der Waals surface area contributed by atoms with Crippen molar-refractivity contribution in [1.82, 2.24) is 5.32 Å². The van der Waals surface area contributed by atoms with Crippen LogP contribution in [0.2, 0.25) is 13.1 Å². The van der Waals surface area contributed by atoms with Crippen LogP contribution in [-0.2, 0) is 19.1 Å². The quantitative estimate of drug-likeness (QED) is 0.606. The average molecular weight is 293 g/mol. The van der Waals surface area contributed by atoms with E-state index in [0.29, 0.717) is 0 Å². The molecule has 0 aromatic heterocycles. The van der Waals surface area contributed by atoms with Gasteiger partial charge in [0.25, 0.3) is 0 Å². The Kier molecular flexibility index (Phi) is 4.29. The summed E-state index contributed by atoms with van der Waals surface area (Å²) in [6.45, 7) is 9.95. The standard InChI is InChI=1S/C11H23NO4SSi/c1-11(2,3)8(16-18(5)6)7-9(13)12-10(7)17(4,14)15/h7-8,10,18H,1-6H3,(H,12,13)/t7-,8?,10+/m0/s1. The number of amides is 1. The number of sulfone groups is 1. The van der Waals surface area contributed by atoms with Crippen molar-refractivity contribution in [2.45, 2.75) is 45.3 Å². The fourth-order valence-electron chi connectivity index (χ4n) is 2.16. The van der Waals surface area contributed by atoms with Crippen molar-refractivity contribution in [2.75, 3.05) is 6.26 Å². The van der Waals surface area contributed by atoms with Crippen molar-refractivity contribution in [3.8, 4) is 0 Å². The number of β-lactam (4-membered cyclic amide) rings is 1. The van der Waals surface area contributed by atoms with E-state index in [1.807, 2.05) is 33.9 Å². The van der Waals surface area contributed by atoms with Gasteiger partial charge in [0.2, 0.25) is 5.91 Å². The van der Waals surface area contributed by atoms with Crippen molar-refractivity contribution < 1.29 is 17.6 Å². The van der Waals surface area contributed by atoms with Crippen molar-refractivity contribution in [1.29, 1.82) is 0 Å². The normalized spacial score (nSPS) is 26.7. The summed E-state index contributed by atoms with van der Waals surface area (Å²) in [6.07, 6.45) is 0.800. The first-order valence-corrected chi connectivity index (χ1v) is 10.8. The lowest BCUT2D eigenvalue weighted by Gasteiger charge is -2.45. The topological polar surface area (TPSA) is 72.5 Å². The molecule has 0 bridgehead atoms. The Morgan fingerprint density at radius 2 is 1.83 bits per heavy atom. The van der Waals surface area contributed by atoms with Gasteiger partial charge >= 0.3 is 0 Å². The van der Waals surface area contributed by atoms with E-state index in [1.165, 1.54) is 0 Å². The Hall–Kier alpha value is -0.403. The lowest BCUT2D eigenvalue weighted by molar-refractivity contribution is -0.140.